The van der Waals surface area contributed by atoms with Crippen LogP contribution in [-0.2, 0) is 13.5 Å². The van der Waals surface area contributed by atoms with Crippen molar-refractivity contribution in [3.05, 3.63) is 60.2 Å². The molecule has 0 saturated heterocycles. The predicted octanol–water partition coefficient (Wildman–Crippen LogP) is 2.86. The van der Waals surface area contributed by atoms with Gasteiger partial charge in [-0.25, -0.2) is 4.98 Å². The molecule has 3 rings (SSSR count). The molecule has 0 aliphatic carbocycles. The van der Waals surface area contributed by atoms with Gasteiger partial charge in [0.05, 0.1) is 0 Å². The highest BCUT2D eigenvalue weighted by molar-refractivity contribution is 5.83. The third kappa shape index (κ3) is 3.28. The fourth-order valence-electron chi connectivity index (χ4n) is 2.49. The quantitative estimate of drug-likeness (QED) is 0.781. The largest absolute Gasteiger partial charge is 0.310 e. The number of rotatable bonds is 5. The van der Waals surface area contributed by atoms with Gasteiger partial charge < -0.3 is 5.32 Å². The average Bonchev–Trinajstić information content (AvgIpc) is 2.92. The van der Waals surface area contributed by atoms with Crippen molar-refractivity contribution in [1.82, 2.24) is 20.1 Å². The maximum Gasteiger partial charge on any atom is 0.151 e. The summed E-state index contributed by atoms with van der Waals surface area (Å²) in [5.74, 6) is 0.885. The fourth-order valence-corrected chi connectivity index (χ4v) is 2.49. The van der Waals surface area contributed by atoms with E-state index in [9.17, 15) is 0 Å². The minimum Gasteiger partial charge on any atom is -0.310 e. The first kappa shape index (κ1) is 13.8. The first-order valence-corrected chi connectivity index (χ1v) is 7.29. The molecule has 0 spiro atoms. The molecule has 1 aromatic heterocycles. The molecule has 0 fully saturated rings. The molecule has 3 aromatic rings. The van der Waals surface area contributed by atoms with E-state index in [4.69, 9.17) is 0 Å². The van der Waals surface area contributed by atoms with Crippen molar-refractivity contribution in [2.24, 2.45) is 7.05 Å². The van der Waals surface area contributed by atoms with E-state index in [1.54, 1.807) is 11.0 Å². The van der Waals surface area contributed by atoms with Crippen LogP contribution >= 0.6 is 0 Å². The fraction of sp³-hybridized carbons (Fsp3) is 0.294. The molecule has 108 valence electrons. The van der Waals surface area contributed by atoms with Crippen LogP contribution in [-0.4, -0.2) is 21.3 Å². The molecule has 0 radical (unpaired) electrons. The van der Waals surface area contributed by atoms with Gasteiger partial charge in [0.1, 0.15) is 6.33 Å². The summed E-state index contributed by atoms with van der Waals surface area (Å²) in [4.78, 5) is 4.24. The Kier molecular flexibility index (Phi) is 3.97. The van der Waals surface area contributed by atoms with Gasteiger partial charge in [-0.15, -0.1) is 0 Å². The van der Waals surface area contributed by atoms with Crippen LogP contribution in [0.1, 0.15) is 24.4 Å². The van der Waals surface area contributed by atoms with E-state index in [2.05, 4.69) is 64.8 Å². The van der Waals surface area contributed by atoms with Crippen LogP contribution in [0.15, 0.2) is 48.8 Å². The van der Waals surface area contributed by atoms with Gasteiger partial charge in [-0.2, -0.15) is 5.10 Å². The summed E-state index contributed by atoms with van der Waals surface area (Å²) in [6, 6.07) is 15.4. The van der Waals surface area contributed by atoms with Gasteiger partial charge in [0, 0.05) is 26.1 Å². The summed E-state index contributed by atoms with van der Waals surface area (Å²) in [5.41, 5.74) is 1.31. The van der Waals surface area contributed by atoms with E-state index in [1.165, 1.54) is 16.3 Å². The zero-order valence-corrected chi connectivity index (χ0v) is 12.5. The number of fused-ring (bicyclic) bond motifs is 1. The molecule has 0 bridgehead atoms. The number of benzene rings is 2. The van der Waals surface area contributed by atoms with Crippen LogP contribution in [0.5, 0.6) is 0 Å². The Morgan fingerprint density at radius 2 is 1.95 bits per heavy atom. The normalized spacial score (nSPS) is 12.7. The third-order valence-electron chi connectivity index (χ3n) is 3.72. The molecule has 0 aliphatic rings. The number of aromatic nitrogens is 3. The van der Waals surface area contributed by atoms with E-state index in [0.717, 1.165) is 18.8 Å². The standard InChI is InChI=1S/C17H20N4/c1-13(18-10-9-17-19-12-21(2)20-17)15-8-7-14-5-3-4-6-16(14)11-15/h3-8,11-13,18H,9-10H2,1-2H3. The van der Waals surface area contributed by atoms with Gasteiger partial charge in [0.15, 0.2) is 5.82 Å². The Balaban J connectivity index is 1.62. The number of hydrogen-bond donors (Lipinski definition) is 1. The van der Waals surface area contributed by atoms with Crippen molar-refractivity contribution in [2.75, 3.05) is 6.54 Å². The van der Waals surface area contributed by atoms with Crippen molar-refractivity contribution in [3.63, 3.8) is 0 Å². The maximum atomic E-state index is 4.29. The second kappa shape index (κ2) is 6.06. The molecule has 2 aromatic carbocycles. The molecule has 1 N–H and O–H groups in total. The molecule has 4 heteroatoms. The Labute approximate surface area is 124 Å². The van der Waals surface area contributed by atoms with Crippen molar-refractivity contribution < 1.29 is 0 Å². The maximum absolute atomic E-state index is 4.29. The van der Waals surface area contributed by atoms with Crippen LogP contribution < -0.4 is 5.32 Å². The van der Waals surface area contributed by atoms with Crippen LogP contribution in [0.3, 0.4) is 0 Å². The Morgan fingerprint density at radius 1 is 1.14 bits per heavy atom. The predicted molar refractivity (Wildman–Crippen MR) is 85.1 cm³/mol. The number of aryl methyl sites for hydroxylation is 1. The van der Waals surface area contributed by atoms with E-state index >= 15 is 0 Å². The monoisotopic (exact) mass is 280 g/mol. The molecule has 4 nitrogen and oxygen atoms in total. The van der Waals surface area contributed by atoms with Gasteiger partial charge in [-0.3, -0.25) is 4.68 Å². The lowest BCUT2D eigenvalue weighted by Crippen LogP contribution is -2.21. The highest BCUT2D eigenvalue weighted by Crippen LogP contribution is 2.20. The van der Waals surface area contributed by atoms with Crippen molar-refractivity contribution >= 4 is 10.8 Å². The van der Waals surface area contributed by atoms with E-state index in [-0.39, 0.29) is 0 Å². The summed E-state index contributed by atoms with van der Waals surface area (Å²) in [7, 11) is 1.89. The van der Waals surface area contributed by atoms with Gasteiger partial charge in [0.25, 0.3) is 0 Å². The Bertz CT molecular complexity index is 732. The number of hydrogen-bond acceptors (Lipinski definition) is 3. The van der Waals surface area contributed by atoms with Gasteiger partial charge in [-0.05, 0) is 29.3 Å². The van der Waals surface area contributed by atoms with Crippen molar-refractivity contribution in [3.8, 4) is 0 Å². The van der Waals surface area contributed by atoms with Gasteiger partial charge >= 0.3 is 0 Å². The summed E-state index contributed by atoms with van der Waals surface area (Å²) in [5, 5.41) is 10.4. The summed E-state index contributed by atoms with van der Waals surface area (Å²) >= 11 is 0. The molecule has 21 heavy (non-hydrogen) atoms. The van der Waals surface area contributed by atoms with E-state index in [0.29, 0.717) is 6.04 Å². The molecule has 1 atom stereocenters. The van der Waals surface area contributed by atoms with Gasteiger partial charge in [0.2, 0.25) is 0 Å². The van der Waals surface area contributed by atoms with Gasteiger partial charge in [-0.1, -0.05) is 36.4 Å². The molecular formula is C17H20N4. The average molecular weight is 280 g/mol. The highest BCUT2D eigenvalue weighted by Gasteiger charge is 2.06. The molecule has 0 amide bonds. The zero-order chi connectivity index (χ0) is 14.7. The summed E-state index contributed by atoms with van der Waals surface area (Å²) < 4.78 is 1.74. The molecular weight excluding hydrogens is 260 g/mol. The third-order valence-corrected chi connectivity index (χ3v) is 3.72. The topological polar surface area (TPSA) is 42.7 Å². The Hall–Kier alpha value is -2.20. The number of nitrogens with zero attached hydrogens (tertiary/aromatic N) is 3. The highest BCUT2D eigenvalue weighted by atomic mass is 15.3. The molecule has 0 saturated carbocycles. The second-order valence-corrected chi connectivity index (χ2v) is 5.37. The molecule has 0 aliphatic heterocycles. The summed E-state index contributed by atoms with van der Waals surface area (Å²) in [6.07, 6.45) is 2.58. The zero-order valence-electron chi connectivity index (χ0n) is 12.5. The van der Waals surface area contributed by atoms with Crippen LogP contribution in [0.4, 0.5) is 0 Å². The Morgan fingerprint density at radius 3 is 2.71 bits per heavy atom. The van der Waals surface area contributed by atoms with Crippen LogP contribution in [0.25, 0.3) is 10.8 Å². The molecule has 1 heterocycles. The smallest absolute Gasteiger partial charge is 0.151 e. The first-order chi connectivity index (χ1) is 10.2. The lowest BCUT2D eigenvalue weighted by Gasteiger charge is -2.14. The SMILES string of the molecule is CC(NCCc1ncn(C)n1)c1ccc2ccccc2c1. The number of nitrogens with one attached hydrogen (secondary N) is 1. The first-order valence-electron chi connectivity index (χ1n) is 7.29. The minimum atomic E-state index is 0.318. The minimum absolute atomic E-state index is 0.318. The lowest BCUT2D eigenvalue weighted by atomic mass is 10.0. The lowest BCUT2D eigenvalue weighted by molar-refractivity contribution is 0.569. The van der Waals surface area contributed by atoms with Crippen LogP contribution in [0, 0.1) is 0 Å². The van der Waals surface area contributed by atoms with Crippen molar-refractivity contribution in [2.45, 2.75) is 19.4 Å². The van der Waals surface area contributed by atoms with Crippen molar-refractivity contribution in [1.29, 1.82) is 0 Å². The van der Waals surface area contributed by atoms with E-state index < -0.39 is 0 Å². The second-order valence-electron chi connectivity index (χ2n) is 5.37. The summed E-state index contributed by atoms with van der Waals surface area (Å²) in [6.45, 7) is 3.06. The molecule has 1 unspecified atom stereocenters. The van der Waals surface area contributed by atoms with Crippen LogP contribution in [0.2, 0.25) is 0 Å². The van der Waals surface area contributed by atoms with E-state index in [1.807, 2.05) is 7.05 Å².